The van der Waals surface area contributed by atoms with Gasteiger partial charge in [-0.15, -0.1) is 0 Å². The van der Waals surface area contributed by atoms with Crippen molar-refractivity contribution in [3.8, 4) is 0 Å². The molecular formula is C16H25NO. The fourth-order valence-corrected chi connectivity index (χ4v) is 3.02. The summed E-state index contributed by atoms with van der Waals surface area (Å²) in [6.07, 6.45) is 5.03. The molecule has 1 fully saturated rings. The SMILES string of the molecule is CC1CCCC(CNc2ccccc2C(C)O)C1. The fraction of sp³-hybridized carbons (Fsp3) is 0.625. The van der Waals surface area contributed by atoms with E-state index < -0.39 is 6.10 Å². The normalized spacial score (nSPS) is 25.7. The van der Waals surface area contributed by atoms with Crippen molar-refractivity contribution in [3.05, 3.63) is 29.8 Å². The van der Waals surface area contributed by atoms with Crippen molar-refractivity contribution in [2.75, 3.05) is 11.9 Å². The van der Waals surface area contributed by atoms with Gasteiger partial charge in [0.2, 0.25) is 0 Å². The zero-order valence-electron chi connectivity index (χ0n) is 11.5. The van der Waals surface area contributed by atoms with Crippen molar-refractivity contribution < 1.29 is 5.11 Å². The van der Waals surface area contributed by atoms with Gasteiger partial charge in [-0.05, 0) is 37.7 Å². The molecular weight excluding hydrogens is 222 g/mol. The van der Waals surface area contributed by atoms with E-state index in [0.717, 1.165) is 29.6 Å². The summed E-state index contributed by atoms with van der Waals surface area (Å²) < 4.78 is 0. The number of hydrogen-bond acceptors (Lipinski definition) is 2. The highest BCUT2D eigenvalue weighted by molar-refractivity contribution is 5.52. The minimum atomic E-state index is -0.404. The van der Waals surface area contributed by atoms with Gasteiger partial charge in [-0.2, -0.15) is 0 Å². The highest BCUT2D eigenvalue weighted by Crippen LogP contribution is 2.29. The van der Waals surface area contributed by atoms with Crippen LogP contribution in [0, 0.1) is 11.8 Å². The first kappa shape index (κ1) is 13.4. The molecule has 0 bridgehead atoms. The van der Waals surface area contributed by atoms with Crippen LogP contribution in [0.25, 0.3) is 0 Å². The third kappa shape index (κ3) is 3.49. The summed E-state index contributed by atoms with van der Waals surface area (Å²) in [5.74, 6) is 1.66. The lowest BCUT2D eigenvalue weighted by Gasteiger charge is -2.27. The fourth-order valence-electron chi connectivity index (χ4n) is 3.02. The molecule has 1 aromatic carbocycles. The Labute approximate surface area is 110 Å². The standard InChI is InChI=1S/C16H25NO/c1-12-6-5-7-14(10-12)11-17-16-9-4-3-8-15(16)13(2)18/h3-4,8-9,12-14,17-18H,5-7,10-11H2,1-2H3. The Bertz CT molecular complexity index is 375. The molecule has 2 N–H and O–H groups in total. The van der Waals surface area contributed by atoms with Gasteiger partial charge in [-0.3, -0.25) is 0 Å². The van der Waals surface area contributed by atoms with Crippen molar-refractivity contribution in [2.24, 2.45) is 11.8 Å². The lowest BCUT2D eigenvalue weighted by Crippen LogP contribution is -2.21. The smallest absolute Gasteiger partial charge is 0.0781 e. The molecule has 0 radical (unpaired) electrons. The van der Waals surface area contributed by atoms with Gasteiger partial charge in [0, 0.05) is 17.8 Å². The molecule has 0 aliphatic heterocycles. The minimum Gasteiger partial charge on any atom is -0.389 e. The lowest BCUT2D eigenvalue weighted by atomic mass is 9.82. The first-order valence-electron chi connectivity index (χ1n) is 7.17. The zero-order chi connectivity index (χ0) is 13.0. The number of hydrogen-bond donors (Lipinski definition) is 2. The quantitative estimate of drug-likeness (QED) is 0.843. The molecule has 1 aliphatic carbocycles. The Morgan fingerprint density at radius 2 is 2.11 bits per heavy atom. The van der Waals surface area contributed by atoms with Crippen molar-refractivity contribution in [1.82, 2.24) is 0 Å². The Morgan fingerprint density at radius 1 is 1.33 bits per heavy atom. The molecule has 2 nitrogen and oxygen atoms in total. The van der Waals surface area contributed by atoms with E-state index in [9.17, 15) is 5.11 Å². The van der Waals surface area contributed by atoms with Gasteiger partial charge in [-0.25, -0.2) is 0 Å². The van der Waals surface area contributed by atoms with E-state index in [0.29, 0.717) is 0 Å². The Morgan fingerprint density at radius 3 is 2.83 bits per heavy atom. The topological polar surface area (TPSA) is 32.3 Å². The second-order valence-corrected chi connectivity index (χ2v) is 5.78. The first-order valence-corrected chi connectivity index (χ1v) is 7.17. The van der Waals surface area contributed by atoms with E-state index in [1.807, 2.05) is 25.1 Å². The van der Waals surface area contributed by atoms with Gasteiger partial charge >= 0.3 is 0 Å². The molecule has 0 saturated heterocycles. The predicted molar refractivity (Wildman–Crippen MR) is 76.7 cm³/mol. The third-order valence-electron chi connectivity index (χ3n) is 4.04. The molecule has 0 aromatic heterocycles. The molecule has 2 heteroatoms. The molecule has 0 heterocycles. The van der Waals surface area contributed by atoms with Gasteiger partial charge in [0.25, 0.3) is 0 Å². The largest absolute Gasteiger partial charge is 0.389 e. The second-order valence-electron chi connectivity index (χ2n) is 5.78. The average molecular weight is 247 g/mol. The maximum atomic E-state index is 9.74. The number of aliphatic hydroxyl groups is 1. The summed E-state index contributed by atoms with van der Waals surface area (Å²) in [5, 5.41) is 13.3. The molecule has 100 valence electrons. The van der Waals surface area contributed by atoms with Crippen molar-refractivity contribution in [1.29, 1.82) is 0 Å². The van der Waals surface area contributed by atoms with E-state index in [4.69, 9.17) is 0 Å². The number of para-hydroxylation sites is 1. The van der Waals surface area contributed by atoms with E-state index in [2.05, 4.69) is 18.3 Å². The van der Waals surface area contributed by atoms with E-state index in [1.165, 1.54) is 25.7 Å². The van der Waals surface area contributed by atoms with E-state index >= 15 is 0 Å². The van der Waals surface area contributed by atoms with Crippen molar-refractivity contribution >= 4 is 5.69 Å². The molecule has 18 heavy (non-hydrogen) atoms. The maximum absolute atomic E-state index is 9.74. The van der Waals surface area contributed by atoms with Gasteiger partial charge in [0.15, 0.2) is 0 Å². The van der Waals surface area contributed by atoms with Crippen LogP contribution in [0.1, 0.15) is 51.2 Å². The van der Waals surface area contributed by atoms with Gasteiger partial charge in [0.1, 0.15) is 0 Å². The molecule has 2 rings (SSSR count). The molecule has 1 aromatic rings. The summed E-state index contributed by atoms with van der Waals surface area (Å²) in [6.45, 7) is 5.22. The maximum Gasteiger partial charge on any atom is 0.0781 e. The Hall–Kier alpha value is -1.02. The molecule has 0 amide bonds. The number of benzene rings is 1. The van der Waals surface area contributed by atoms with Crippen molar-refractivity contribution in [2.45, 2.75) is 45.6 Å². The van der Waals surface area contributed by atoms with Crippen LogP contribution in [0.4, 0.5) is 5.69 Å². The van der Waals surface area contributed by atoms with Crippen LogP contribution in [-0.4, -0.2) is 11.7 Å². The Balaban J connectivity index is 1.93. The summed E-state index contributed by atoms with van der Waals surface area (Å²) >= 11 is 0. The average Bonchev–Trinajstić information content (AvgIpc) is 2.37. The van der Waals surface area contributed by atoms with Crippen LogP contribution >= 0.6 is 0 Å². The molecule has 3 atom stereocenters. The lowest BCUT2D eigenvalue weighted by molar-refractivity contribution is 0.200. The Kier molecular flexibility index (Phi) is 4.65. The summed E-state index contributed by atoms with van der Waals surface area (Å²) in [7, 11) is 0. The van der Waals surface area contributed by atoms with Crippen LogP contribution in [-0.2, 0) is 0 Å². The summed E-state index contributed by atoms with van der Waals surface area (Å²) in [6, 6.07) is 8.07. The van der Waals surface area contributed by atoms with Crippen LogP contribution in [0.3, 0.4) is 0 Å². The van der Waals surface area contributed by atoms with Gasteiger partial charge in [-0.1, -0.05) is 38.0 Å². The van der Waals surface area contributed by atoms with Crippen LogP contribution in [0.5, 0.6) is 0 Å². The summed E-state index contributed by atoms with van der Waals surface area (Å²) in [4.78, 5) is 0. The zero-order valence-corrected chi connectivity index (χ0v) is 11.5. The first-order chi connectivity index (χ1) is 8.66. The number of anilines is 1. The molecule has 1 aliphatic rings. The highest BCUT2D eigenvalue weighted by Gasteiger charge is 2.18. The van der Waals surface area contributed by atoms with Gasteiger partial charge in [0.05, 0.1) is 6.10 Å². The van der Waals surface area contributed by atoms with Crippen LogP contribution < -0.4 is 5.32 Å². The van der Waals surface area contributed by atoms with Gasteiger partial charge < -0.3 is 10.4 Å². The monoisotopic (exact) mass is 247 g/mol. The minimum absolute atomic E-state index is 0.404. The number of nitrogens with one attached hydrogen (secondary N) is 1. The predicted octanol–water partition coefficient (Wildman–Crippen LogP) is 3.98. The number of aliphatic hydroxyl groups excluding tert-OH is 1. The van der Waals surface area contributed by atoms with Crippen molar-refractivity contribution in [3.63, 3.8) is 0 Å². The van der Waals surface area contributed by atoms with Crippen LogP contribution in [0.15, 0.2) is 24.3 Å². The van der Waals surface area contributed by atoms with Crippen LogP contribution in [0.2, 0.25) is 0 Å². The van der Waals surface area contributed by atoms with E-state index in [1.54, 1.807) is 0 Å². The second kappa shape index (κ2) is 6.24. The number of rotatable bonds is 4. The van der Waals surface area contributed by atoms with E-state index in [-0.39, 0.29) is 0 Å². The molecule has 1 saturated carbocycles. The molecule has 3 unspecified atom stereocenters. The summed E-state index contributed by atoms with van der Waals surface area (Å²) in [5.41, 5.74) is 2.09. The highest BCUT2D eigenvalue weighted by atomic mass is 16.3. The third-order valence-corrected chi connectivity index (χ3v) is 4.04. The molecule has 0 spiro atoms.